The third kappa shape index (κ3) is 3.84. The zero-order valence-electron chi connectivity index (χ0n) is 9.66. The minimum absolute atomic E-state index is 0.259. The van der Waals surface area contributed by atoms with Gasteiger partial charge < -0.3 is 4.74 Å². The molecule has 0 spiro atoms. The standard InChI is InChI=1S/C13H19ClO/c1-10-5-4-6-12(7-10)13(9-14)8-11(2)15-3/h4-7,11,13H,8-9H2,1-3H3. The summed E-state index contributed by atoms with van der Waals surface area (Å²) < 4.78 is 5.28. The number of methoxy groups -OCH3 is 1. The Kier molecular flexibility index (Phi) is 5.13. The molecule has 1 aromatic carbocycles. The van der Waals surface area contributed by atoms with Crippen LogP contribution >= 0.6 is 11.6 Å². The van der Waals surface area contributed by atoms with Crippen LogP contribution < -0.4 is 0 Å². The molecule has 0 saturated heterocycles. The Labute approximate surface area is 97.4 Å². The highest BCUT2D eigenvalue weighted by Gasteiger charge is 2.14. The Morgan fingerprint density at radius 1 is 1.40 bits per heavy atom. The first-order valence-corrected chi connectivity index (χ1v) is 5.86. The highest BCUT2D eigenvalue weighted by molar-refractivity contribution is 6.18. The maximum Gasteiger partial charge on any atom is 0.0549 e. The van der Waals surface area contributed by atoms with Crippen LogP contribution in [-0.4, -0.2) is 19.1 Å². The quantitative estimate of drug-likeness (QED) is 0.695. The molecule has 0 aromatic heterocycles. The minimum Gasteiger partial charge on any atom is -0.382 e. The van der Waals surface area contributed by atoms with Gasteiger partial charge in [-0.1, -0.05) is 29.8 Å². The summed E-state index contributed by atoms with van der Waals surface area (Å²) in [5, 5.41) is 0. The van der Waals surface area contributed by atoms with Crippen molar-refractivity contribution < 1.29 is 4.74 Å². The van der Waals surface area contributed by atoms with Gasteiger partial charge >= 0.3 is 0 Å². The van der Waals surface area contributed by atoms with E-state index in [2.05, 4.69) is 38.1 Å². The largest absolute Gasteiger partial charge is 0.382 e. The van der Waals surface area contributed by atoms with Crippen molar-refractivity contribution in [1.82, 2.24) is 0 Å². The summed E-state index contributed by atoms with van der Waals surface area (Å²) in [6, 6.07) is 8.54. The van der Waals surface area contributed by atoms with E-state index in [1.54, 1.807) is 7.11 Å². The summed E-state index contributed by atoms with van der Waals surface area (Å²) in [6.45, 7) is 4.18. The van der Waals surface area contributed by atoms with Crippen LogP contribution in [0.25, 0.3) is 0 Å². The van der Waals surface area contributed by atoms with Gasteiger partial charge in [0.1, 0.15) is 0 Å². The van der Waals surface area contributed by atoms with Gasteiger partial charge in [0.05, 0.1) is 6.10 Å². The molecule has 15 heavy (non-hydrogen) atoms. The van der Waals surface area contributed by atoms with Crippen LogP contribution in [0.5, 0.6) is 0 Å². The second-order valence-corrected chi connectivity index (χ2v) is 4.36. The lowest BCUT2D eigenvalue weighted by atomic mass is 9.94. The second kappa shape index (κ2) is 6.14. The fourth-order valence-electron chi connectivity index (χ4n) is 1.71. The Hall–Kier alpha value is -0.530. The first kappa shape index (κ1) is 12.5. The van der Waals surface area contributed by atoms with Crippen molar-refractivity contribution in [2.75, 3.05) is 13.0 Å². The highest BCUT2D eigenvalue weighted by atomic mass is 35.5. The van der Waals surface area contributed by atoms with E-state index in [4.69, 9.17) is 16.3 Å². The maximum atomic E-state index is 6.00. The van der Waals surface area contributed by atoms with Crippen molar-refractivity contribution in [2.24, 2.45) is 0 Å². The number of hydrogen-bond donors (Lipinski definition) is 0. The summed E-state index contributed by atoms with van der Waals surface area (Å²) in [5.74, 6) is 1.04. The van der Waals surface area contributed by atoms with Gasteiger partial charge in [-0.2, -0.15) is 0 Å². The third-order valence-electron chi connectivity index (χ3n) is 2.72. The fraction of sp³-hybridized carbons (Fsp3) is 0.538. The average molecular weight is 227 g/mol. The monoisotopic (exact) mass is 226 g/mol. The SMILES string of the molecule is COC(C)CC(CCl)c1cccc(C)c1. The van der Waals surface area contributed by atoms with Crippen LogP contribution in [0.1, 0.15) is 30.4 Å². The van der Waals surface area contributed by atoms with Crippen LogP contribution in [0.2, 0.25) is 0 Å². The number of aryl methyl sites for hydroxylation is 1. The molecule has 0 saturated carbocycles. The molecule has 1 rings (SSSR count). The molecule has 0 heterocycles. The molecule has 1 nitrogen and oxygen atoms in total. The predicted molar refractivity (Wildman–Crippen MR) is 65.7 cm³/mol. The number of rotatable bonds is 5. The van der Waals surface area contributed by atoms with Crippen molar-refractivity contribution in [1.29, 1.82) is 0 Å². The number of halogens is 1. The van der Waals surface area contributed by atoms with Crippen LogP contribution in [0.15, 0.2) is 24.3 Å². The zero-order chi connectivity index (χ0) is 11.3. The van der Waals surface area contributed by atoms with E-state index in [9.17, 15) is 0 Å². The van der Waals surface area contributed by atoms with E-state index >= 15 is 0 Å². The first-order chi connectivity index (χ1) is 7.17. The molecule has 0 radical (unpaired) electrons. The van der Waals surface area contributed by atoms with Gasteiger partial charge in [0.15, 0.2) is 0 Å². The van der Waals surface area contributed by atoms with Crippen molar-refractivity contribution in [3.63, 3.8) is 0 Å². The summed E-state index contributed by atoms with van der Waals surface area (Å²) in [4.78, 5) is 0. The Morgan fingerprint density at radius 2 is 2.13 bits per heavy atom. The van der Waals surface area contributed by atoms with Gasteiger partial charge in [-0.3, -0.25) is 0 Å². The lowest BCUT2D eigenvalue weighted by Gasteiger charge is -2.18. The molecule has 0 aliphatic heterocycles. The summed E-state index contributed by atoms with van der Waals surface area (Å²) in [7, 11) is 1.74. The van der Waals surface area contributed by atoms with E-state index in [-0.39, 0.29) is 6.10 Å². The lowest BCUT2D eigenvalue weighted by Crippen LogP contribution is -2.12. The van der Waals surface area contributed by atoms with E-state index in [1.165, 1.54) is 11.1 Å². The van der Waals surface area contributed by atoms with Crippen LogP contribution in [-0.2, 0) is 4.74 Å². The summed E-state index contributed by atoms with van der Waals surface area (Å²) in [6.07, 6.45) is 1.23. The minimum atomic E-state index is 0.259. The molecule has 0 amide bonds. The van der Waals surface area contributed by atoms with E-state index in [0.717, 1.165) is 6.42 Å². The maximum absolute atomic E-state index is 6.00. The smallest absolute Gasteiger partial charge is 0.0549 e. The van der Waals surface area contributed by atoms with Gasteiger partial charge in [-0.15, -0.1) is 11.6 Å². The topological polar surface area (TPSA) is 9.23 Å². The van der Waals surface area contributed by atoms with E-state index < -0.39 is 0 Å². The predicted octanol–water partition coefficient (Wildman–Crippen LogP) is 3.74. The summed E-state index contributed by atoms with van der Waals surface area (Å²) in [5.41, 5.74) is 2.60. The number of benzene rings is 1. The molecule has 2 atom stereocenters. The lowest BCUT2D eigenvalue weighted by molar-refractivity contribution is 0.106. The molecule has 2 unspecified atom stereocenters. The third-order valence-corrected chi connectivity index (χ3v) is 3.09. The Balaban J connectivity index is 2.73. The van der Waals surface area contributed by atoms with E-state index in [0.29, 0.717) is 11.8 Å². The van der Waals surface area contributed by atoms with Crippen LogP contribution in [0.4, 0.5) is 0 Å². The number of alkyl halides is 1. The molecule has 0 bridgehead atoms. The normalized spacial score (nSPS) is 14.9. The van der Waals surface area contributed by atoms with E-state index in [1.807, 2.05) is 0 Å². The van der Waals surface area contributed by atoms with Gasteiger partial charge in [-0.05, 0) is 31.7 Å². The van der Waals surface area contributed by atoms with Gasteiger partial charge in [0.2, 0.25) is 0 Å². The van der Waals surface area contributed by atoms with Crippen molar-refractivity contribution in [3.8, 4) is 0 Å². The first-order valence-electron chi connectivity index (χ1n) is 5.32. The van der Waals surface area contributed by atoms with Gasteiger partial charge in [0.25, 0.3) is 0 Å². The van der Waals surface area contributed by atoms with Crippen molar-refractivity contribution in [3.05, 3.63) is 35.4 Å². The molecule has 84 valence electrons. The molecule has 2 heteroatoms. The molecular weight excluding hydrogens is 208 g/mol. The van der Waals surface area contributed by atoms with Crippen LogP contribution in [0.3, 0.4) is 0 Å². The van der Waals surface area contributed by atoms with Crippen molar-refractivity contribution >= 4 is 11.6 Å². The molecule has 0 aliphatic rings. The molecule has 0 N–H and O–H groups in total. The number of ether oxygens (including phenoxy) is 1. The fourth-order valence-corrected chi connectivity index (χ4v) is 2.01. The molecular formula is C13H19ClO. The van der Waals surface area contributed by atoms with Crippen molar-refractivity contribution in [2.45, 2.75) is 32.3 Å². The average Bonchev–Trinajstić information content (AvgIpc) is 2.25. The molecule has 1 aromatic rings. The Bertz CT molecular complexity index is 298. The highest BCUT2D eigenvalue weighted by Crippen LogP contribution is 2.24. The molecule has 0 fully saturated rings. The summed E-state index contributed by atoms with van der Waals surface area (Å²) >= 11 is 6.00. The number of hydrogen-bond acceptors (Lipinski definition) is 1. The second-order valence-electron chi connectivity index (χ2n) is 4.05. The van der Waals surface area contributed by atoms with Crippen LogP contribution in [0, 0.1) is 6.92 Å². The molecule has 0 aliphatic carbocycles. The zero-order valence-corrected chi connectivity index (χ0v) is 10.4. The van der Waals surface area contributed by atoms with Gasteiger partial charge in [0, 0.05) is 13.0 Å². The van der Waals surface area contributed by atoms with Gasteiger partial charge in [-0.25, -0.2) is 0 Å². The Morgan fingerprint density at radius 3 is 2.67 bits per heavy atom.